The van der Waals surface area contributed by atoms with E-state index in [9.17, 15) is 13.2 Å². The molecule has 0 saturated carbocycles. The number of benzene rings is 2. The third-order valence-corrected chi connectivity index (χ3v) is 5.48. The van der Waals surface area contributed by atoms with Gasteiger partial charge in [0.2, 0.25) is 15.9 Å². The second-order valence-corrected chi connectivity index (χ2v) is 8.10. The van der Waals surface area contributed by atoms with Gasteiger partial charge >= 0.3 is 0 Å². The second kappa shape index (κ2) is 9.51. The van der Waals surface area contributed by atoms with Gasteiger partial charge in [-0.05, 0) is 30.7 Å². The highest BCUT2D eigenvalue weighted by atomic mass is 32.2. The van der Waals surface area contributed by atoms with E-state index in [4.69, 9.17) is 14.2 Å². The third-order valence-electron chi connectivity index (χ3n) is 4.30. The molecule has 2 rings (SSSR count). The van der Waals surface area contributed by atoms with Crippen LogP contribution >= 0.6 is 0 Å². The van der Waals surface area contributed by atoms with E-state index in [0.717, 1.165) is 10.6 Å². The molecule has 0 radical (unpaired) electrons. The number of amides is 1. The molecule has 0 saturated heterocycles. The molecule has 8 nitrogen and oxygen atoms in total. The molecule has 0 bridgehead atoms. The van der Waals surface area contributed by atoms with Crippen molar-refractivity contribution in [1.29, 1.82) is 0 Å². The van der Waals surface area contributed by atoms with Crippen LogP contribution in [0.3, 0.4) is 0 Å². The zero-order valence-electron chi connectivity index (χ0n) is 17.1. The van der Waals surface area contributed by atoms with Gasteiger partial charge in [-0.25, -0.2) is 8.42 Å². The monoisotopic (exact) mass is 422 g/mol. The van der Waals surface area contributed by atoms with Crippen molar-refractivity contribution in [2.24, 2.45) is 0 Å². The fraction of sp³-hybridized carbons (Fsp3) is 0.350. The van der Waals surface area contributed by atoms with E-state index in [-0.39, 0.29) is 6.42 Å². The number of ether oxygens (including phenoxy) is 3. The summed E-state index contributed by atoms with van der Waals surface area (Å²) in [6.07, 6.45) is 1.32. The molecule has 1 N–H and O–H groups in total. The van der Waals surface area contributed by atoms with E-state index in [2.05, 4.69) is 5.32 Å². The van der Waals surface area contributed by atoms with Gasteiger partial charge in [-0.2, -0.15) is 0 Å². The number of carbonyl (C=O) groups excluding carboxylic acids is 1. The van der Waals surface area contributed by atoms with Crippen molar-refractivity contribution in [3.63, 3.8) is 0 Å². The predicted molar refractivity (Wildman–Crippen MR) is 113 cm³/mol. The highest BCUT2D eigenvalue weighted by Crippen LogP contribution is 2.31. The van der Waals surface area contributed by atoms with Gasteiger partial charge in [0, 0.05) is 12.1 Å². The topological polar surface area (TPSA) is 94.2 Å². The van der Waals surface area contributed by atoms with Crippen LogP contribution in [0, 0.1) is 0 Å². The summed E-state index contributed by atoms with van der Waals surface area (Å²) < 4.78 is 41.9. The fourth-order valence-corrected chi connectivity index (χ4v) is 4.14. The van der Waals surface area contributed by atoms with Crippen molar-refractivity contribution >= 4 is 27.3 Å². The van der Waals surface area contributed by atoms with Crippen LogP contribution in [0.25, 0.3) is 0 Å². The summed E-state index contributed by atoms with van der Waals surface area (Å²) >= 11 is 0. The minimum absolute atomic E-state index is 0.252. The SMILES string of the molecule is CC[C@H](C(=O)Nc1cc(OC)ccc1OC)N(c1cccc(OC)c1)S(C)(=O)=O. The number of anilines is 2. The maximum absolute atomic E-state index is 13.1. The Bertz CT molecular complexity index is 961. The highest BCUT2D eigenvalue weighted by Gasteiger charge is 2.32. The standard InChI is InChI=1S/C20H26N2O6S/c1-6-18(20(23)21-17-13-16(27-3)10-11-19(17)28-4)22(29(5,24)25)14-8-7-9-15(12-14)26-2/h7-13,18H,6H2,1-5H3,(H,21,23)/t18-/m1/s1. The van der Waals surface area contributed by atoms with Gasteiger partial charge in [0.1, 0.15) is 23.3 Å². The quantitative estimate of drug-likeness (QED) is 0.668. The zero-order chi connectivity index (χ0) is 21.6. The Morgan fingerprint density at radius 2 is 1.69 bits per heavy atom. The first-order valence-corrected chi connectivity index (χ1v) is 10.8. The van der Waals surface area contributed by atoms with Gasteiger partial charge in [-0.3, -0.25) is 9.10 Å². The molecule has 0 fully saturated rings. The average molecular weight is 423 g/mol. The summed E-state index contributed by atoms with van der Waals surface area (Å²) in [7, 11) is 0.720. The van der Waals surface area contributed by atoms with Gasteiger partial charge in [0.05, 0.1) is 39.0 Å². The van der Waals surface area contributed by atoms with E-state index < -0.39 is 22.0 Å². The first-order valence-electron chi connectivity index (χ1n) is 8.91. The van der Waals surface area contributed by atoms with Gasteiger partial charge in [-0.1, -0.05) is 13.0 Å². The number of hydrogen-bond acceptors (Lipinski definition) is 6. The van der Waals surface area contributed by atoms with Gasteiger partial charge in [0.15, 0.2) is 0 Å². The largest absolute Gasteiger partial charge is 0.497 e. The van der Waals surface area contributed by atoms with E-state index in [0.29, 0.717) is 28.6 Å². The molecular weight excluding hydrogens is 396 g/mol. The number of nitrogens with zero attached hydrogens (tertiary/aromatic N) is 1. The van der Waals surface area contributed by atoms with Crippen LogP contribution in [0.5, 0.6) is 17.2 Å². The Morgan fingerprint density at radius 3 is 2.24 bits per heavy atom. The van der Waals surface area contributed by atoms with E-state index in [1.807, 2.05) is 0 Å². The van der Waals surface area contributed by atoms with Crippen molar-refractivity contribution in [2.75, 3.05) is 37.2 Å². The molecule has 0 aromatic heterocycles. The Morgan fingerprint density at radius 1 is 1.03 bits per heavy atom. The molecule has 2 aromatic carbocycles. The Labute approximate surface area is 171 Å². The molecule has 0 aliphatic heterocycles. The predicted octanol–water partition coefficient (Wildman–Crippen LogP) is 2.90. The summed E-state index contributed by atoms with van der Waals surface area (Å²) in [5.41, 5.74) is 0.723. The lowest BCUT2D eigenvalue weighted by Gasteiger charge is -2.30. The van der Waals surface area contributed by atoms with Crippen LogP contribution in [0.15, 0.2) is 42.5 Å². The molecule has 9 heteroatoms. The molecule has 1 atom stereocenters. The van der Waals surface area contributed by atoms with Crippen LogP contribution in [0.4, 0.5) is 11.4 Å². The lowest BCUT2D eigenvalue weighted by Crippen LogP contribution is -2.47. The van der Waals surface area contributed by atoms with Gasteiger partial charge in [-0.15, -0.1) is 0 Å². The summed E-state index contributed by atoms with van der Waals surface area (Å²) in [6.45, 7) is 1.74. The Balaban J connectivity index is 2.44. The van der Waals surface area contributed by atoms with Gasteiger partial charge < -0.3 is 19.5 Å². The Kier molecular flexibility index (Phi) is 7.33. The molecule has 0 heterocycles. The van der Waals surface area contributed by atoms with Crippen LogP contribution in [0.1, 0.15) is 13.3 Å². The first kappa shape index (κ1) is 22.4. The molecule has 1 amide bonds. The molecule has 158 valence electrons. The molecule has 0 aliphatic rings. The fourth-order valence-electron chi connectivity index (χ4n) is 2.94. The minimum atomic E-state index is -3.76. The number of hydrogen-bond donors (Lipinski definition) is 1. The lowest BCUT2D eigenvalue weighted by atomic mass is 10.1. The summed E-state index contributed by atoms with van der Waals surface area (Å²) in [4.78, 5) is 13.1. The molecular formula is C20H26N2O6S. The smallest absolute Gasteiger partial charge is 0.248 e. The van der Waals surface area contributed by atoms with E-state index in [1.165, 1.54) is 21.3 Å². The van der Waals surface area contributed by atoms with Crippen molar-refractivity contribution in [3.8, 4) is 17.2 Å². The van der Waals surface area contributed by atoms with Crippen molar-refractivity contribution in [3.05, 3.63) is 42.5 Å². The van der Waals surface area contributed by atoms with E-state index >= 15 is 0 Å². The molecule has 29 heavy (non-hydrogen) atoms. The minimum Gasteiger partial charge on any atom is -0.497 e. The van der Waals surface area contributed by atoms with Crippen LogP contribution in [0.2, 0.25) is 0 Å². The second-order valence-electron chi connectivity index (χ2n) is 6.24. The molecule has 0 aliphatic carbocycles. The number of methoxy groups -OCH3 is 3. The van der Waals surface area contributed by atoms with Gasteiger partial charge in [0.25, 0.3) is 0 Å². The summed E-state index contributed by atoms with van der Waals surface area (Å²) in [5, 5.41) is 2.76. The van der Waals surface area contributed by atoms with Crippen molar-refractivity contribution < 1.29 is 27.4 Å². The number of sulfonamides is 1. The number of carbonyl (C=O) groups is 1. The molecule has 0 spiro atoms. The lowest BCUT2D eigenvalue weighted by molar-refractivity contribution is -0.117. The summed E-state index contributed by atoms with van der Waals surface area (Å²) in [5.74, 6) is 0.955. The first-order chi connectivity index (χ1) is 13.7. The highest BCUT2D eigenvalue weighted by molar-refractivity contribution is 7.92. The van der Waals surface area contributed by atoms with Crippen LogP contribution in [-0.2, 0) is 14.8 Å². The number of nitrogens with one attached hydrogen (secondary N) is 1. The maximum atomic E-state index is 13.1. The number of rotatable bonds is 9. The van der Waals surface area contributed by atoms with Crippen molar-refractivity contribution in [2.45, 2.75) is 19.4 Å². The summed E-state index contributed by atoms with van der Waals surface area (Å²) in [6, 6.07) is 10.5. The van der Waals surface area contributed by atoms with E-state index in [1.54, 1.807) is 49.4 Å². The van der Waals surface area contributed by atoms with Crippen LogP contribution in [-0.4, -0.2) is 48.0 Å². The Hall–Kier alpha value is -2.94. The third kappa shape index (κ3) is 5.32. The zero-order valence-corrected chi connectivity index (χ0v) is 17.9. The van der Waals surface area contributed by atoms with Crippen LogP contribution < -0.4 is 23.8 Å². The van der Waals surface area contributed by atoms with Crippen molar-refractivity contribution in [1.82, 2.24) is 0 Å². The maximum Gasteiger partial charge on any atom is 0.248 e. The molecule has 0 unspecified atom stereocenters. The molecule has 2 aromatic rings. The average Bonchev–Trinajstić information content (AvgIpc) is 2.70. The normalized spacial score (nSPS) is 12.0.